The monoisotopic (exact) mass is 264 g/mol. The predicted molar refractivity (Wildman–Crippen MR) is 69.4 cm³/mol. The quantitative estimate of drug-likeness (QED) is 0.912. The number of allylic oxidation sites excluding steroid dienone is 2. The van der Waals surface area contributed by atoms with Crippen LogP contribution in [0.15, 0.2) is 30.3 Å². The molecule has 0 fully saturated rings. The molecule has 1 atom stereocenters. The van der Waals surface area contributed by atoms with Gasteiger partial charge in [0, 0.05) is 11.4 Å². The fourth-order valence-corrected chi connectivity index (χ4v) is 2.35. The Balaban J connectivity index is 2.33. The van der Waals surface area contributed by atoms with Crippen molar-refractivity contribution in [1.29, 1.82) is 0 Å². The first kappa shape index (κ1) is 12.8. The number of halogens is 1. The van der Waals surface area contributed by atoms with Gasteiger partial charge in [-0.2, -0.15) is 0 Å². The number of aliphatic carboxylic acids is 1. The van der Waals surface area contributed by atoms with E-state index >= 15 is 0 Å². The number of benzene rings is 1. The summed E-state index contributed by atoms with van der Waals surface area (Å²) < 4.78 is 0. The minimum atomic E-state index is -0.839. The molecule has 4 heteroatoms. The molecule has 0 radical (unpaired) electrons. The molecule has 0 amide bonds. The molecule has 1 aliphatic rings. The van der Waals surface area contributed by atoms with Gasteiger partial charge in [0.2, 0.25) is 0 Å². The molecule has 1 N–H and O–H groups in total. The number of carboxylic acids is 1. The van der Waals surface area contributed by atoms with Crippen molar-refractivity contribution < 1.29 is 14.7 Å². The maximum absolute atomic E-state index is 11.5. The second-order valence-electron chi connectivity index (χ2n) is 4.41. The van der Waals surface area contributed by atoms with Crippen LogP contribution < -0.4 is 0 Å². The van der Waals surface area contributed by atoms with E-state index in [9.17, 15) is 9.59 Å². The Morgan fingerprint density at radius 3 is 2.61 bits per heavy atom. The van der Waals surface area contributed by atoms with Crippen molar-refractivity contribution in [1.82, 2.24) is 0 Å². The van der Waals surface area contributed by atoms with Gasteiger partial charge in [-0.1, -0.05) is 23.7 Å². The van der Waals surface area contributed by atoms with Gasteiger partial charge < -0.3 is 5.11 Å². The van der Waals surface area contributed by atoms with Gasteiger partial charge in [0.15, 0.2) is 5.78 Å². The molecule has 18 heavy (non-hydrogen) atoms. The summed E-state index contributed by atoms with van der Waals surface area (Å²) in [6, 6.07) is 7.13. The molecule has 3 nitrogen and oxygen atoms in total. The van der Waals surface area contributed by atoms with E-state index in [0.717, 1.165) is 11.1 Å². The molecule has 0 saturated heterocycles. The summed E-state index contributed by atoms with van der Waals surface area (Å²) >= 11 is 5.82. The van der Waals surface area contributed by atoms with Gasteiger partial charge in [-0.15, -0.1) is 0 Å². The highest BCUT2D eigenvalue weighted by Gasteiger charge is 2.24. The van der Waals surface area contributed by atoms with Crippen LogP contribution in [0.2, 0.25) is 5.02 Å². The van der Waals surface area contributed by atoms with Crippen molar-refractivity contribution in [3.05, 3.63) is 40.9 Å². The second-order valence-corrected chi connectivity index (χ2v) is 4.84. The molecule has 2 rings (SSSR count). The molecule has 0 spiro atoms. The fraction of sp³-hybridized carbons (Fsp3) is 0.286. The largest absolute Gasteiger partial charge is 0.481 e. The lowest BCUT2D eigenvalue weighted by atomic mass is 9.81. The zero-order chi connectivity index (χ0) is 13.1. The van der Waals surface area contributed by atoms with Gasteiger partial charge >= 0.3 is 5.97 Å². The molecule has 1 unspecified atom stereocenters. The summed E-state index contributed by atoms with van der Waals surface area (Å²) in [4.78, 5) is 22.3. The van der Waals surface area contributed by atoms with E-state index in [0.29, 0.717) is 17.9 Å². The molecular formula is C14H13ClO3. The zero-order valence-electron chi connectivity index (χ0n) is 9.73. The summed E-state index contributed by atoms with van der Waals surface area (Å²) in [5.74, 6) is -0.878. The molecular weight excluding hydrogens is 252 g/mol. The van der Waals surface area contributed by atoms with Gasteiger partial charge in [-0.05, 0) is 41.7 Å². The fourth-order valence-electron chi connectivity index (χ4n) is 2.22. The number of hydrogen-bond donors (Lipinski definition) is 1. The van der Waals surface area contributed by atoms with Crippen molar-refractivity contribution in [2.45, 2.75) is 19.3 Å². The predicted octanol–water partition coefficient (Wildman–Crippen LogP) is 3.18. The third-order valence-corrected chi connectivity index (χ3v) is 3.35. The number of hydrogen-bond acceptors (Lipinski definition) is 2. The first-order valence-corrected chi connectivity index (χ1v) is 6.16. The highest BCUT2D eigenvalue weighted by molar-refractivity contribution is 6.30. The lowest BCUT2D eigenvalue weighted by Gasteiger charge is -2.22. The van der Waals surface area contributed by atoms with E-state index in [1.807, 2.05) is 12.1 Å². The summed E-state index contributed by atoms with van der Waals surface area (Å²) in [5.41, 5.74) is 1.68. The van der Waals surface area contributed by atoms with Crippen LogP contribution in [-0.2, 0) is 9.59 Å². The maximum atomic E-state index is 11.5. The molecule has 1 aromatic carbocycles. The Morgan fingerprint density at radius 1 is 1.33 bits per heavy atom. The Morgan fingerprint density at radius 2 is 2.00 bits per heavy atom. The first-order valence-electron chi connectivity index (χ1n) is 5.78. The van der Waals surface area contributed by atoms with Crippen LogP contribution in [-0.4, -0.2) is 16.9 Å². The Kier molecular flexibility index (Phi) is 3.82. The zero-order valence-corrected chi connectivity index (χ0v) is 10.5. The lowest BCUT2D eigenvalue weighted by Crippen LogP contribution is -2.16. The summed E-state index contributed by atoms with van der Waals surface area (Å²) in [5, 5.41) is 9.53. The number of rotatable bonds is 3. The Labute approximate surface area is 110 Å². The number of carboxylic acid groups (broad SMARTS) is 1. The van der Waals surface area contributed by atoms with Crippen LogP contribution >= 0.6 is 11.6 Å². The molecule has 0 heterocycles. The van der Waals surface area contributed by atoms with E-state index in [2.05, 4.69) is 0 Å². The third-order valence-electron chi connectivity index (χ3n) is 3.09. The molecule has 0 bridgehead atoms. The SMILES string of the molecule is O=C(O)CC1CCC(=O)C=C1c1ccc(Cl)cc1. The number of ketones is 1. The van der Waals surface area contributed by atoms with E-state index in [-0.39, 0.29) is 18.1 Å². The molecule has 0 aromatic heterocycles. The van der Waals surface area contributed by atoms with E-state index in [1.54, 1.807) is 18.2 Å². The Bertz CT molecular complexity index is 502. The van der Waals surface area contributed by atoms with Crippen molar-refractivity contribution >= 4 is 28.9 Å². The van der Waals surface area contributed by atoms with Crippen LogP contribution in [0, 0.1) is 5.92 Å². The summed E-state index contributed by atoms with van der Waals surface area (Å²) in [7, 11) is 0. The average Bonchev–Trinajstić information content (AvgIpc) is 2.32. The van der Waals surface area contributed by atoms with E-state index in [1.165, 1.54) is 0 Å². The van der Waals surface area contributed by atoms with Crippen molar-refractivity contribution in [2.75, 3.05) is 0 Å². The van der Waals surface area contributed by atoms with Gasteiger partial charge in [0.25, 0.3) is 0 Å². The number of carbonyl (C=O) groups is 2. The molecule has 1 aliphatic carbocycles. The van der Waals surface area contributed by atoms with Crippen LogP contribution in [0.5, 0.6) is 0 Å². The summed E-state index contributed by atoms with van der Waals surface area (Å²) in [6.07, 6.45) is 2.65. The Hall–Kier alpha value is -1.61. The minimum absolute atomic E-state index is 0.0570. The second kappa shape index (κ2) is 5.36. The van der Waals surface area contributed by atoms with Gasteiger partial charge in [0.05, 0.1) is 6.42 Å². The van der Waals surface area contributed by atoms with Crippen LogP contribution in [0.3, 0.4) is 0 Å². The van der Waals surface area contributed by atoms with Gasteiger partial charge in [-0.3, -0.25) is 9.59 Å². The maximum Gasteiger partial charge on any atom is 0.303 e. The minimum Gasteiger partial charge on any atom is -0.481 e. The smallest absolute Gasteiger partial charge is 0.303 e. The van der Waals surface area contributed by atoms with Crippen molar-refractivity contribution in [2.24, 2.45) is 5.92 Å². The lowest BCUT2D eigenvalue weighted by molar-refractivity contribution is -0.138. The van der Waals surface area contributed by atoms with Crippen LogP contribution in [0.4, 0.5) is 0 Å². The standard InChI is InChI=1S/C14H13ClO3/c15-11-4-1-9(2-5-11)13-8-12(16)6-3-10(13)7-14(17)18/h1-2,4-5,8,10H,3,6-7H2,(H,17,18). The molecule has 94 valence electrons. The first-order chi connectivity index (χ1) is 8.56. The van der Waals surface area contributed by atoms with E-state index in [4.69, 9.17) is 16.7 Å². The van der Waals surface area contributed by atoms with Crippen molar-refractivity contribution in [3.8, 4) is 0 Å². The molecule has 0 saturated carbocycles. The number of carbonyl (C=O) groups excluding carboxylic acids is 1. The van der Waals surface area contributed by atoms with Crippen molar-refractivity contribution in [3.63, 3.8) is 0 Å². The highest BCUT2D eigenvalue weighted by Crippen LogP contribution is 2.34. The van der Waals surface area contributed by atoms with Crippen LogP contribution in [0.1, 0.15) is 24.8 Å². The third kappa shape index (κ3) is 2.99. The molecule has 0 aliphatic heterocycles. The summed E-state index contributed by atoms with van der Waals surface area (Å²) in [6.45, 7) is 0. The van der Waals surface area contributed by atoms with E-state index < -0.39 is 5.97 Å². The average molecular weight is 265 g/mol. The highest BCUT2D eigenvalue weighted by atomic mass is 35.5. The van der Waals surface area contributed by atoms with Crippen LogP contribution in [0.25, 0.3) is 5.57 Å². The van der Waals surface area contributed by atoms with Gasteiger partial charge in [-0.25, -0.2) is 0 Å². The normalized spacial score (nSPS) is 19.5. The topological polar surface area (TPSA) is 54.4 Å². The molecule has 1 aromatic rings. The van der Waals surface area contributed by atoms with Gasteiger partial charge in [0.1, 0.15) is 0 Å².